The summed E-state index contributed by atoms with van der Waals surface area (Å²) >= 11 is 0. The van der Waals surface area contributed by atoms with Gasteiger partial charge in [0.25, 0.3) is 0 Å². The Morgan fingerprint density at radius 2 is 2.17 bits per heavy atom. The van der Waals surface area contributed by atoms with Crippen molar-refractivity contribution in [2.75, 3.05) is 19.7 Å². The average molecular weight is 279 g/mol. The van der Waals surface area contributed by atoms with E-state index < -0.39 is 0 Å². The third-order valence-electron chi connectivity index (χ3n) is 3.60. The SMILES string of the molecule is CCCC1CN(C(=O)C(N)C(C)CC)CCO1.Cl. The molecule has 18 heavy (non-hydrogen) atoms. The lowest BCUT2D eigenvalue weighted by Gasteiger charge is -2.35. The van der Waals surface area contributed by atoms with Gasteiger partial charge in [-0.15, -0.1) is 12.4 Å². The fourth-order valence-electron chi connectivity index (χ4n) is 2.12. The van der Waals surface area contributed by atoms with Gasteiger partial charge in [-0.3, -0.25) is 4.79 Å². The molecule has 0 radical (unpaired) electrons. The van der Waals surface area contributed by atoms with Crippen molar-refractivity contribution in [3.8, 4) is 0 Å². The average Bonchev–Trinajstić information content (AvgIpc) is 2.36. The van der Waals surface area contributed by atoms with Crippen LogP contribution in [0.4, 0.5) is 0 Å². The monoisotopic (exact) mass is 278 g/mol. The van der Waals surface area contributed by atoms with E-state index in [4.69, 9.17) is 10.5 Å². The largest absolute Gasteiger partial charge is 0.375 e. The van der Waals surface area contributed by atoms with Crippen molar-refractivity contribution in [2.24, 2.45) is 11.7 Å². The van der Waals surface area contributed by atoms with Crippen molar-refractivity contribution in [1.82, 2.24) is 4.90 Å². The van der Waals surface area contributed by atoms with E-state index in [0.29, 0.717) is 19.7 Å². The van der Waals surface area contributed by atoms with Gasteiger partial charge >= 0.3 is 0 Å². The number of carbonyl (C=O) groups is 1. The molecule has 0 aromatic carbocycles. The molecule has 0 aromatic rings. The molecule has 0 aliphatic carbocycles. The highest BCUT2D eigenvalue weighted by Crippen LogP contribution is 2.14. The minimum atomic E-state index is -0.361. The second-order valence-corrected chi connectivity index (χ2v) is 4.98. The Balaban J connectivity index is 0.00000289. The first kappa shape index (κ1) is 17.7. The number of amides is 1. The summed E-state index contributed by atoms with van der Waals surface area (Å²) in [5, 5.41) is 0. The molecule has 0 spiro atoms. The molecular formula is C13H27ClN2O2. The Hall–Kier alpha value is -0.320. The number of ether oxygens (including phenoxy) is 1. The van der Waals surface area contributed by atoms with E-state index in [-0.39, 0.29) is 36.4 Å². The molecule has 1 rings (SSSR count). The summed E-state index contributed by atoms with van der Waals surface area (Å²) < 4.78 is 5.63. The summed E-state index contributed by atoms with van der Waals surface area (Å²) in [6.07, 6.45) is 3.24. The lowest BCUT2D eigenvalue weighted by atomic mass is 9.98. The molecule has 0 saturated carbocycles. The molecule has 4 nitrogen and oxygen atoms in total. The molecule has 3 unspecified atom stereocenters. The number of nitrogens with two attached hydrogens (primary N) is 1. The number of nitrogens with zero attached hydrogens (tertiary/aromatic N) is 1. The molecule has 0 aromatic heterocycles. The van der Waals surface area contributed by atoms with E-state index in [2.05, 4.69) is 13.8 Å². The van der Waals surface area contributed by atoms with Gasteiger partial charge in [-0.25, -0.2) is 0 Å². The molecule has 1 aliphatic rings. The zero-order valence-electron chi connectivity index (χ0n) is 11.7. The third kappa shape index (κ3) is 4.75. The van der Waals surface area contributed by atoms with Gasteiger partial charge in [-0.1, -0.05) is 33.6 Å². The van der Waals surface area contributed by atoms with E-state index >= 15 is 0 Å². The van der Waals surface area contributed by atoms with E-state index in [1.54, 1.807) is 0 Å². The van der Waals surface area contributed by atoms with Gasteiger partial charge < -0.3 is 15.4 Å². The molecular weight excluding hydrogens is 252 g/mol. The summed E-state index contributed by atoms with van der Waals surface area (Å²) in [5.41, 5.74) is 5.99. The maximum atomic E-state index is 12.2. The highest BCUT2D eigenvalue weighted by atomic mass is 35.5. The standard InChI is InChI=1S/C13H26N2O2.ClH/c1-4-6-11-9-15(7-8-17-11)13(16)12(14)10(3)5-2;/h10-12H,4-9,14H2,1-3H3;1H. The van der Waals surface area contributed by atoms with E-state index in [1.165, 1.54) is 0 Å². The van der Waals surface area contributed by atoms with E-state index in [1.807, 2.05) is 11.8 Å². The van der Waals surface area contributed by atoms with Crippen molar-refractivity contribution in [1.29, 1.82) is 0 Å². The minimum Gasteiger partial charge on any atom is -0.375 e. The Morgan fingerprint density at radius 3 is 2.72 bits per heavy atom. The lowest BCUT2D eigenvalue weighted by Crippen LogP contribution is -2.53. The highest BCUT2D eigenvalue weighted by molar-refractivity contribution is 5.85. The van der Waals surface area contributed by atoms with Crippen LogP contribution in [0.25, 0.3) is 0 Å². The van der Waals surface area contributed by atoms with Crippen molar-refractivity contribution < 1.29 is 9.53 Å². The first-order valence-electron chi connectivity index (χ1n) is 6.76. The molecule has 1 amide bonds. The fourth-order valence-corrected chi connectivity index (χ4v) is 2.12. The summed E-state index contributed by atoms with van der Waals surface area (Å²) in [4.78, 5) is 14.1. The van der Waals surface area contributed by atoms with E-state index in [9.17, 15) is 4.79 Å². The maximum absolute atomic E-state index is 12.2. The van der Waals surface area contributed by atoms with Gasteiger partial charge in [0.1, 0.15) is 0 Å². The van der Waals surface area contributed by atoms with Crippen LogP contribution in [0.1, 0.15) is 40.0 Å². The van der Waals surface area contributed by atoms with Crippen LogP contribution in [0, 0.1) is 5.92 Å². The fraction of sp³-hybridized carbons (Fsp3) is 0.923. The molecule has 0 bridgehead atoms. The molecule has 1 aliphatic heterocycles. The van der Waals surface area contributed by atoms with Crippen LogP contribution in [0.5, 0.6) is 0 Å². The Morgan fingerprint density at radius 1 is 1.50 bits per heavy atom. The number of morpholine rings is 1. The quantitative estimate of drug-likeness (QED) is 0.834. The highest BCUT2D eigenvalue weighted by Gasteiger charge is 2.29. The summed E-state index contributed by atoms with van der Waals surface area (Å²) in [5.74, 6) is 0.332. The van der Waals surface area contributed by atoms with Gasteiger partial charge in [0, 0.05) is 13.1 Å². The first-order chi connectivity index (χ1) is 8.10. The number of hydrogen-bond acceptors (Lipinski definition) is 3. The van der Waals surface area contributed by atoms with Crippen molar-refractivity contribution >= 4 is 18.3 Å². The van der Waals surface area contributed by atoms with Crippen LogP contribution in [0.2, 0.25) is 0 Å². The number of halogens is 1. The number of hydrogen-bond donors (Lipinski definition) is 1. The lowest BCUT2D eigenvalue weighted by molar-refractivity contribution is -0.141. The molecule has 3 atom stereocenters. The van der Waals surface area contributed by atoms with Crippen LogP contribution in [0.3, 0.4) is 0 Å². The van der Waals surface area contributed by atoms with Crippen LogP contribution in [-0.4, -0.2) is 42.6 Å². The summed E-state index contributed by atoms with van der Waals surface area (Å²) in [6, 6.07) is -0.361. The predicted molar refractivity (Wildman–Crippen MR) is 75.9 cm³/mol. The molecule has 1 heterocycles. The first-order valence-corrected chi connectivity index (χ1v) is 6.76. The van der Waals surface area contributed by atoms with Gasteiger partial charge in [0.05, 0.1) is 18.8 Å². The molecule has 1 saturated heterocycles. The minimum absolute atomic E-state index is 0. The zero-order valence-corrected chi connectivity index (χ0v) is 12.5. The molecule has 1 fully saturated rings. The summed E-state index contributed by atoms with van der Waals surface area (Å²) in [6.45, 7) is 8.27. The van der Waals surface area contributed by atoms with Crippen molar-refractivity contribution in [3.63, 3.8) is 0 Å². The van der Waals surface area contributed by atoms with Crippen LogP contribution in [-0.2, 0) is 9.53 Å². The van der Waals surface area contributed by atoms with Gasteiger partial charge in [-0.05, 0) is 12.3 Å². The number of rotatable bonds is 5. The normalized spacial score (nSPS) is 23.1. The van der Waals surface area contributed by atoms with Crippen molar-refractivity contribution in [2.45, 2.75) is 52.2 Å². The Kier molecular flexibility index (Phi) is 8.57. The smallest absolute Gasteiger partial charge is 0.239 e. The maximum Gasteiger partial charge on any atom is 0.239 e. The third-order valence-corrected chi connectivity index (χ3v) is 3.60. The van der Waals surface area contributed by atoms with Crippen molar-refractivity contribution in [3.05, 3.63) is 0 Å². The molecule has 5 heteroatoms. The Bertz CT molecular complexity index is 249. The van der Waals surface area contributed by atoms with Crippen LogP contribution < -0.4 is 5.73 Å². The molecule has 108 valence electrons. The molecule has 2 N–H and O–H groups in total. The summed E-state index contributed by atoms with van der Waals surface area (Å²) in [7, 11) is 0. The topological polar surface area (TPSA) is 55.6 Å². The van der Waals surface area contributed by atoms with E-state index in [0.717, 1.165) is 19.3 Å². The van der Waals surface area contributed by atoms with Crippen LogP contribution in [0.15, 0.2) is 0 Å². The second kappa shape index (κ2) is 8.73. The second-order valence-electron chi connectivity index (χ2n) is 4.98. The predicted octanol–water partition coefficient (Wildman–Crippen LogP) is 1.81. The Labute approximate surface area is 117 Å². The van der Waals surface area contributed by atoms with Gasteiger partial charge in [0.15, 0.2) is 0 Å². The van der Waals surface area contributed by atoms with Gasteiger partial charge in [0.2, 0.25) is 5.91 Å². The number of carbonyl (C=O) groups excluding carboxylic acids is 1. The van der Waals surface area contributed by atoms with Gasteiger partial charge in [-0.2, -0.15) is 0 Å². The van der Waals surface area contributed by atoms with Crippen LogP contribution >= 0.6 is 12.4 Å². The zero-order chi connectivity index (χ0) is 12.8.